The lowest BCUT2D eigenvalue weighted by molar-refractivity contribution is -0.142. The van der Waals surface area contributed by atoms with Gasteiger partial charge in [0.05, 0.1) is 31.4 Å². The molecule has 1 aromatic heterocycles. The SMILES string of the molecule is COC(=O)COc1c(I)cc(C=Nn2c(-c3ccccc3)nc3ccccc3c2=O)cc1I. The molecule has 0 saturated carbocycles. The van der Waals surface area contributed by atoms with Gasteiger partial charge in [-0.05, 0) is 75.0 Å². The van der Waals surface area contributed by atoms with E-state index in [-0.39, 0.29) is 12.2 Å². The number of benzene rings is 3. The van der Waals surface area contributed by atoms with E-state index in [2.05, 4.69) is 55.0 Å². The van der Waals surface area contributed by atoms with Crippen LogP contribution < -0.4 is 10.3 Å². The van der Waals surface area contributed by atoms with Crippen molar-refractivity contribution in [1.82, 2.24) is 9.66 Å². The van der Waals surface area contributed by atoms with E-state index in [0.717, 1.165) is 18.3 Å². The van der Waals surface area contributed by atoms with Crippen LogP contribution in [0.2, 0.25) is 0 Å². The minimum absolute atomic E-state index is 0.172. The van der Waals surface area contributed by atoms with Gasteiger partial charge in [0, 0.05) is 5.56 Å². The summed E-state index contributed by atoms with van der Waals surface area (Å²) in [7, 11) is 1.31. The van der Waals surface area contributed by atoms with Gasteiger partial charge in [-0.25, -0.2) is 9.78 Å². The van der Waals surface area contributed by atoms with Crippen molar-refractivity contribution in [3.63, 3.8) is 0 Å². The maximum atomic E-state index is 13.3. The Balaban J connectivity index is 1.76. The molecule has 0 amide bonds. The van der Waals surface area contributed by atoms with Gasteiger partial charge in [0.15, 0.2) is 12.4 Å². The summed E-state index contributed by atoms with van der Waals surface area (Å²) in [6, 6.07) is 20.4. The third kappa shape index (κ3) is 5.24. The summed E-state index contributed by atoms with van der Waals surface area (Å²) in [6.45, 7) is -0.172. The summed E-state index contributed by atoms with van der Waals surface area (Å²) in [6.07, 6.45) is 1.61. The minimum Gasteiger partial charge on any atom is -0.480 e. The highest BCUT2D eigenvalue weighted by atomic mass is 127. The molecule has 0 unspecified atom stereocenters. The van der Waals surface area contributed by atoms with Gasteiger partial charge in [-0.1, -0.05) is 42.5 Å². The molecule has 0 N–H and O–H groups in total. The average molecular weight is 665 g/mol. The maximum Gasteiger partial charge on any atom is 0.343 e. The molecule has 0 atom stereocenters. The van der Waals surface area contributed by atoms with Crippen LogP contribution in [0, 0.1) is 7.14 Å². The number of hydrogen-bond donors (Lipinski definition) is 0. The van der Waals surface area contributed by atoms with Crippen molar-refractivity contribution in [2.24, 2.45) is 5.10 Å². The number of ether oxygens (including phenoxy) is 2. The highest BCUT2D eigenvalue weighted by molar-refractivity contribution is 14.1. The Hall–Kier alpha value is -2.80. The van der Waals surface area contributed by atoms with E-state index in [4.69, 9.17) is 9.72 Å². The van der Waals surface area contributed by atoms with Crippen LogP contribution in [-0.2, 0) is 9.53 Å². The van der Waals surface area contributed by atoms with Crippen LogP contribution in [0.1, 0.15) is 5.56 Å². The number of aromatic nitrogens is 2. The standard InChI is InChI=1S/C24H17I2N3O4/c1-32-21(30)14-33-22-18(25)11-15(12-19(22)26)13-27-29-23(16-7-3-2-4-8-16)28-20-10-6-5-9-17(20)24(29)31/h2-13H,14H2,1H3. The molecule has 9 heteroatoms. The van der Waals surface area contributed by atoms with Crippen molar-refractivity contribution >= 4 is 68.3 Å². The Morgan fingerprint density at radius 3 is 2.42 bits per heavy atom. The number of carbonyl (C=O) groups is 1. The van der Waals surface area contributed by atoms with Gasteiger partial charge in [0.2, 0.25) is 0 Å². The first-order valence-corrected chi connectivity index (χ1v) is 11.9. The summed E-state index contributed by atoms with van der Waals surface area (Å²) in [5.41, 5.74) is 1.92. The van der Waals surface area contributed by atoms with E-state index in [9.17, 15) is 9.59 Å². The first kappa shape index (κ1) is 23.4. The largest absolute Gasteiger partial charge is 0.480 e. The quantitative estimate of drug-likeness (QED) is 0.170. The number of halogens is 2. The molecule has 0 aliphatic rings. The summed E-state index contributed by atoms with van der Waals surface area (Å²) in [5.74, 6) is 0.593. The second-order valence-corrected chi connectivity index (χ2v) is 9.18. The van der Waals surface area contributed by atoms with Crippen molar-refractivity contribution < 1.29 is 14.3 Å². The van der Waals surface area contributed by atoms with Crippen LogP contribution in [0.25, 0.3) is 22.3 Å². The normalized spacial score (nSPS) is 11.1. The highest BCUT2D eigenvalue weighted by Gasteiger charge is 2.13. The van der Waals surface area contributed by atoms with Gasteiger partial charge in [-0.15, -0.1) is 0 Å². The minimum atomic E-state index is -0.455. The Morgan fingerprint density at radius 1 is 1.06 bits per heavy atom. The van der Waals surface area contributed by atoms with Crippen LogP contribution in [-0.4, -0.2) is 35.6 Å². The summed E-state index contributed by atoms with van der Waals surface area (Å²) >= 11 is 4.27. The highest BCUT2D eigenvalue weighted by Crippen LogP contribution is 2.28. The zero-order valence-corrected chi connectivity index (χ0v) is 21.7. The van der Waals surface area contributed by atoms with E-state index in [1.807, 2.05) is 54.6 Å². The Bertz CT molecular complexity index is 1400. The van der Waals surface area contributed by atoms with E-state index in [0.29, 0.717) is 22.5 Å². The lowest BCUT2D eigenvalue weighted by Crippen LogP contribution is -2.20. The number of nitrogens with zero attached hydrogens (tertiary/aromatic N) is 3. The Labute approximate surface area is 216 Å². The first-order chi connectivity index (χ1) is 16.0. The number of para-hydroxylation sites is 1. The Morgan fingerprint density at radius 2 is 1.73 bits per heavy atom. The molecule has 0 spiro atoms. The van der Waals surface area contributed by atoms with Gasteiger partial charge >= 0.3 is 5.97 Å². The Kier molecular flexibility index (Phi) is 7.38. The van der Waals surface area contributed by atoms with E-state index in [1.54, 1.807) is 18.3 Å². The predicted octanol–water partition coefficient (Wildman–Crippen LogP) is 4.71. The van der Waals surface area contributed by atoms with Gasteiger partial charge in [0.25, 0.3) is 5.56 Å². The van der Waals surface area contributed by atoms with Gasteiger partial charge in [0.1, 0.15) is 5.75 Å². The smallest absolute Gasteiger partial charge is 0.343 e. The molecule has 0 fully saturated rings. The number of hydrogen-bond acceptors (Lipinski definition) is 6. The molecule has 0 aliphatic heterocycles. The molecule has 0 aliphatic carbocycles. The van der Waals surface area contributed by atoms with Crippen LogP contribution >= 0.6 is 45.2 Å². The third-order valence-electron chi connectivity index (χ3n) is 4.69. The molecule has 1 heterocycles. The average Bonchev–Trinajstić information content (AvgIpc) is 2.83. The number of carbonyl (C=O) groups excluding carboxylic acids is 1. The second kappa shape index (κ2) is 10.4. The first-order valence-electron chi connectivity index (χ1n) is 9.78. The second-order valence-electron chi connectivity index (χ2n) is 6.86. The zero-order valence-electron chi connectivity index (χ0n) is 17.4. The van der Waals surface area contributed by atoms with E-state index < -0.39 is 5.97 Å². The maximum absolute atomic E-state index is 13.3. The number of rotatable bonds is 6. The molecule has 4 aromatic rings. The van der Waals surface area contributed by atoms with Crippen molar-refractivity contribution in [1.29, 1.82) is 0 Å². The predicted molar refractivity (Wildman–Crippen MR) is 144 cm³/mol. The fourth-order valence-electron chi connectivity index (χ4n) is 3.11. The fourth-order valence-corrected chi connectivity index (χ4v) is 5.24. The van der Waals surface area contributed by atoms with Crippen LogP contribution in [0.3, 0.4) is 0 Å². The van der Waals surface area contributed by atoms with E-state index in [1.165, 1.54) is 11.8 Å². The molecule has 4 rings (SSSR count). The lowest BCUT2D eigenvalue weighted by Gasteiger charge is -2.11. The molecule has 0 radical (unpaired) electrons. The molecule has 7 nitrogen and oxygen atoms in total. The molecule has 33 heavy (non-hydrogen) atoms. The molecular formula is C24H17I2N3O4. The molecule has 166 valence electrons. The summed E-state index contributed by atoms with van der Waals surface area (Å²) < 4.78 is 13.1. The number of esters is 1. The zero-order chi connectivity index (χ0) is 23.4. The van der Waals surface area contributed by atoms with Crippen molar-refractivity contribution in [3.8, 4) is 17.1 Å². The van der Waals surface area contributed by atoms with Crippen LogP contribution in [0.4, 0.5) is 0 Å². The summed E-state index contributed by atoms with van der Waals surface area (Å²) in [5, 5.41) is 4.99. The van der Waals surface area contributed by atoms with Crippen LogP contribution in [0.5, 0.6) is 5.75 Å². The molecule has 0 saturated heterocycles. The topological polar surface area (TPSA) is 82.8 Å². The third-order valence-corrected chi connectivity index (χ3v) is 6.29. The van der Waals surface area contributed by atoms with Crippen molar-refractivity contribution in [2.45, 2.75) is 0 Å². The lowest BCUT2D eigenvalue weighted by atomic mass is 10.2. The van der Waals surface area contributed by atoms with Crippen molar-refractivity contribution in [2.75, 3.05) is 13.7 Å². The van der Waals surface area contributed by atoms with Gasteiger partial charge in [-0.3, -0.25) is 4.79 Å². The summed E-state index contributed by atoms with van der Waals surface area (Å²) in [4.78, 5) is 29.3. The molecule has 0 bridgehead atoms. The van der Waals surface area contributed by atoms with Crippen molar-refractivity contribution in [3.05, 3.63) is 89.8 Å². The number of methoxy groups -OCH3 is 1. The van der Waals surface area contributed by atoms with Gasteiger partial charge in [-0.2, -0.15) is 9.78 Å². The molecular weight excluding hydrogens is 648 g/mol. The molecule has 3 aromatic carbocycles. The monoisotopic (exact) mass is 665 g/mol. The van der Waals surface area contributed by atoms with Gasteiger partial charge < -0.3 is 9.47 Å². The number of fused-ring (bicyclic) bond motifs is 1. The fraction of sp³-hybridized carbons (Fsp3) is 0.0833. The van der Waals surface area contributed by atoms with E-state index >= 15 is 0 Å². The van der Waals surface area contributed by atoms with Crippen LogP contribution in [0.15, 0.2) is 76.6 Å².